The Labute approximate surface area is 206 Å². The van der Waals surface area contributed by atoms with Crippen LogP contribution >= 0.6 is 0 Å². The van der Waals surface area contributed by atoms with Crippen molar-refractivity contribution in [1.82, 2.24) is 19.4 Å². The monoisotopic (exact) mass is 477 g/mol. The minimum absolute atomic E-state index is 0.00910. The van der Waals surface area contributed by atoms with Gasteiger partial charge in [-0.15, -0.1) is 0 Å². The molecule has 0 spiro atoms. The van der Waals surface area contributed by atoms with Gasteiger partial charge >= 0.3 is 0 Å². The summed E-state index contributed by atoms with van der Waals surface area (Å²) >= 11 is 0. The van der Waals surface area contributed by atoms with Crippen LogP contribution in [0.5, 0.6) is 0 Å². The highest BCUT2D eigenvalue weighted by atomic mass is 16.3. The zero-order valence-corrected chi connectivity index (χ0v) is 21.3. The van der Waals surface area contributed by atoms with E-state index in [0.717, 1.165) is 60.3 Å². The maximum atomic E-state index is 13.1. The van der Waals surface area contributed by atoms with E-state index in [9.17, 15) is 9.59 Å². The number of rotatable bonds is 6. The summed E-state index contributed by atoms with van der Waals surface area (Å²) in [4.78, 5) is 34.7. The number of aromatic nitrogens is 2. The number of nitrogens with zero attached hydrogens (tertiary/aromatic N) is 4. The summed E-state index contributed by atoms with van der Waals surface area (Å²) in [5, 5.41) is 2.99. The molecule has 1 aromatic carbocycles. The molecule has 8 heteroatoms. The number of carbonyl (C=O) groups excluding carboxylic acids is 2. The zero-order chi connectivity index (χ0) is 25.1. The SMILES string of the molecule is Cc1cc(C(=O)Nc2nc3cccc(C)c3n2C2CCCCN(C(=O)/C=C/CN(C)C)C2)oc1C. The molecule has 2 amide bonds. The lowest BCUT2D eigenvalue weighted by atomic mass is 10.1. The van der Waals surface area contributed by atoms with Gasteiger partial charge in [0.25, 0.3) is 5.91 Å². The predicted molar refractivity (Wildman–Crippen MR) is 138 cm³/mol. The minimum atomic E-state index is -0.330. The normalized spacial score (nSPS) is 16.9. The van der Waals surface area contributed by atoms with Gasteiger partial charge in [0.15, 0.2) is 5.76 Å². The summed E-state index contributed by atoms with van der Waals surface area (Å²) in [6.07, 6.45) is 6.40. The summed E-state index contributed by atoms with van der Waals surface area (Å²) in [6, 6.07) is 7.71. The summed E-state index contributed by atoms with van der Waals surface area (Å²) in [7, 11) is 3.95. The van der Waals surface area contributed by atoms with E-state index >= 15 is 0 Å². The molecule has 0 saturated carbocycles. The molecule has 1 fully saturated rings. The Hall–Kier alpha value is -3.39. The Morgan fingerprint density at radius 3 is 2.71 bits per heavy atom. The second-order valence-electron chi connectivity index (χ2n) is 9.65. The first-order valence-corrected chi connectivity index (χ1v) is 12.2. The van der Waals surface area contributed by atoms with Crippen LogP contribution in [0.4, 0.5) is 5.95 Å². The third kappa shape index (κ3) is 5.48. The fourth-order valence-electron chi connectivity index (χ4n) is 4.61. The van der Waals surface area contributed by atoms with Crippen molar-refractivity contribution in [2.45, 2.75) is 46.1 Å². The standard InChI is InChI=1S/C27H35N5O3/c1-18-10-8-12-22-25(18)32(27(28-22)29-26(34)23-16-19(2)20(3)35-23)21-11-6-7-15-31(17-21)24(33)13-9-14-30(4)5/h8-10,12-13,16,21H,6-7,11,14-15,17H2,1-5H3,(H,28,29,34)/b13-9+. The first-order valence-electron chi connectivity index (χ1n) is 12.2. The average Bonchev–Trinajstić information content (AvgIpc) is 3.23. The molecule has 8 nitrogen and oxygen atoms in total. The first-order chi connectivity index (χ1) is 16.7. The molecule has 4 rings (SSSR count). The molecule has 0 bridgehead atoms. The Morgan fingerprint density at radius 1 is 1.20 bits per heavy atom. The number of aryl methyl sites for hydroxylation is 3. The molecule has 1 atom stereocenters. The van der Waals surface area contributed by atoms with Crippen molar-refractivity contribution in [2.24, 2.45) is 0 Å². The van der Waals surface area contributed by atoms with Gasteiger partial charge in [-0.1, -0.05) is 18.2 Å². The van der Waals surface area contributed by atoms with E-state index < -0.39 is 0 Å². The number of nitrogens with one attached hydrogen (secondary N) is 1. The van der Waals surface area contributed by atoms with Gasteiger partial charge in [0.1, 0.15) is 5.76 Å². The van der Waals surface area contributed by atoms with Crippen LogP contribution in [0.25, 0.3) is 11.0 Å². The topological polar surface area (TPSA) is 83.6 Å². The quantitative estimate of drug-likeness (QED) is 0.530. The number of imidazole rings is 1. The van der Waals surface area contributed by atoms with Crippen LogP contribution in [0.15, 0.2) is 40.8 Å². The molecule has 3 heterocycles. The Morgan fingerprint density at radius 2 is 2.00 bits per heavy atom. The van der Waals surface area contributed by atoms with Gasteiger partial charge in [-0.05, 0) is 77.4 Å². The highest BCUT2D eigenvalue weighted by Crippen LogP contribution is 2.32. The van der Waals surface area contributed by atoms with Crippen molar-refractivity contribution in [3.8, 4) is 0 Å². The van der Waals surface area contributed by atoms with E-state index in [1.165, 1.54) is 0 Å². The highest BCUT2D eigenvalue weighted by molar-refractivity contribution is 6.02. The number of benzene rings is 1. The molecule has 1 aliphatic heterocycles. The Kier molecular flexibility index (Phi) is 7.40. The van der Waals surface area contributed by atoms with Gasteiger partial charge in [-0.2, -0.15) is 0 Å². The average molecular weight is 478 g/mol. The lowest BCUT2D eigenvalue weighted by Crippen LogP contribution is -2.34. The maximum Gasteiger partial charge on any atom is 0.293 e. The van der Waals surface area contributed by atoms with Gasteiger partial charge in [-0.25, -0.2) is 4.98 Å². The Bertz CT molecular complexity index is 1230. The lowest BCUT2D eigenvalue weighted by Gasteiger charge is -2.26. The number of likely N-dealkylation sites (tertiary alicyclic amines) is 1. The number of hydrogen-bond acceptors (Lipinski definition) is 5. The molecule has 1 unspecified atom stereocenters. The number of furan rings is 1. The summed E-state index contributed by atoms with van der Waals surface area (Å²) < 4.78 is 7.75. The summed E-state index contributed by atoms with van der Waals surface area (Å²) in [5.74, 6) is 1.16. The van der Waals surface area contributed by atoms with Crippen LogP contribution in [0.1, 0.15) is 52.7 Å². The third-order valence-corrected chi connectivity index (χ3v) is 6.58. The van der Waals surface area contributed by atoms with E-state index in [-0.39, 0.29) is 23.6 Å². The first kappa shape index (κ1) is 24.7. The van der Waals surface area contributed by atoms with Crippen molar-refractivity contribution in [1.29, 1.82) is 0 Å². The number of likely N-dealkylation sites (N-methyl/N-ethyl adjacent to an activating group) is 1. The van der Waals surface area contributed by atoms with Crippen LogP contribution < -0.4 is 5.32 Å². The zero-order valence-electron chi connectivity index (χ0n) is 21.3. The van der Waals surface area contributed by atoms with Crippen molar-refractivity contribution < 1.29 is 14.0 Å². The fourth-order valence-corrected chi connectivity index (χ4v) is 4.61. The molecule has 2 aromatic heterocycles. The molecule has 1 aliphatic rings. The lowest BCUT2D eigenvalue weighted by molar-refractivity contribution is -0.126. The van der Waals surface area contributed by atoms with Crippen molar-refractivity contribution in [3.05, 3.63) is 59.1 Å². The minimum Gasteiger partial charge on any atom is -0.456 e. The summed E-state index contributed by atoms with van der Waals surface area (Å²) in [5.41, 5.74) is 3.81. The number of fused-ring (bicyclic) bond motifs is 1. The molecular weight excluding hydrogens is 442 g/mol. The van der Waals surface area contributed by atoms with Gasteiger partial charge in [0.05, 0.1) is 17.1 Å². The maximum absolute atomic E-state index is 13.1. The van der Waals surface area contributed by atoms with Crippen LogP contribution in [0.2, 0.25) is 0 Å². The van der Waals surface area contributed by atoms with Gasteiger partial charge < -0.3 is 18.8 Å². The van der Waals surface area contributed by atoms with Crippen LogP contribution in [0.3, 0.4) is 0 Å². The molecule has 1 N–H and O–H groups in total. The molecule has 0 aliphatic carbocycles. The summed E-state index contributed by atoms with van der Waals surface area (Å²) in [6.45, 7) is 7.81. The molecule has 35 heavy (non-hydrogen) atoms. The van der Waals surface area contributed by atoms with Gasteiger partial charge in [0.2, 0.25) is 11.9 Å². The molecule has 3 aromatic rings. The van der Waals surface area contributed by atoms with E-state index in [2.05, 4.69) is 22.9 Å². The number of para-hydroxylation sites is 1. The van der Waals surface area contributed by atoms with Crippen molar-refractivity contribution in [2.75, 3.05) is 39.0 Å². The van der Waals surface area contributed by atoms with E-state index in [0.29, 0.717) is 12.5 Å². The smallest absolute Gasteiger partial charge is 0.293 e. The second-order valence-corrected chi connectivity index (χ2v) is 9.65. The number of hydrogen-bond donors (Lipinski definition) is 1. The number of carbonyl (C=O) groups is 2. The largest absolute Gasteiger partial charge is 0.456 e. The van der Waals surface area contributed by atoms with Crippen LogP contribution in [-0.2, 0) is 4.79 Å². The molecule has 186 valence electrons. The van der Waals surface area contributed by atoms with Crippen molar-refractivity contribution >= 4 is 28.8 Å². The van der Waals surface area contributed by atoms with Crippen molar-refractivity contribution in [3.63, 3.8) is 0 Å². The molecular formula is C27H35N5O3. The number of anilines is 1. The van der Waals surface area contributed by atoms with Gasteiger partial charge in [-0.3, -0.25) is 14.9 Å². The van der Waals surface area contributed by atoms with Gasteiger partial charge in [0, 0.05) is 25.7 Å². The van der Waals surface area contributed by atoms with E-state index in [1.807, 2.05) is 56.0 Å². The van der Waals surface area contributed by atoms with E-state index in [1.54, 1.807) is 12.1 Å². The second kappa shape index (κ2) is 10.5. The van der Waals surface area contributed by atoms with Crippen LogP contribution in [0, 0.1) is 20.8 Å². The highest BCUT2D eigenvalue weighted by Gasteiger charge is 2.27. The van der Waals surface area contributed by atoms with E-state index in [4.69, 9.17) is 9.40 Å². The number of amides is 2. The fraction of sp³-hybridized carbons (Fsp3) is 0.444. The third-order valence-electron chi connectivity index (χ3n) is 6.58. The Balaban J connectivity index is 1.67. The van der Waals surface area contributed by atoms with Crippen LogP contribution in [-0.4, -0.2) is 64.9 Å². The predicted octanol–water partition coefficient (Wildman–Crippen LogP) is 4.48. The molecule has 0 radical (unpaired) electrons. The molecule has 1 saturated heterocycles.